The van der Waals surface area contributed by atoms with Crippen LogP contribution in [-0.2, 0) is 16.1 Å². The van der Waals surface area contributed by atoms with Gasteiger partial charge in [0.15, 0.2) is 11.5 Å². The van der Waals surface area contributed by atoms with Crippen molar-refractivity contribution in [3.8, 4) is 11.5 Å². The first-order valence-corrected chi connectivity index (χ1v) is 10.3. The quantitative estimate of drug-likeness (QED) is 0.713. The number of rotatable bonds is 6. The first-order valence-electron chi connectivity index (χ1n) is 10.3. The first-order chi connectivity index (χ1) is 14.0. The summed E-state index contributed by atoms with van der Waals surface area (Å²) in [5.41, 5.74) is 0.780. The van der Waals surface area contributed by atoms with Crippen molar-refractivity contribution in [1.29, 1.82) is 0 Å². The molecule has 1 aliphatic carbocycles. The lowest BCUT2D eigenvalue weighted by Crippen LogP contribution is -2.41. The topological polar surface area (TPSA) is 97.0 Å². The molecule has 29 heavy (non-hydrogen) atoms. The minimum atomic E-state index is -0.661. The third-order valence-electron chi connectivity index (χ3n) is 6.00. The van der Waals surface area contributed by atoms with Crippen LogP contribution in [0.1, 0.15) is 51.0 Å². The number of hydrogen-bond acceptors (Lipinski definition) is 5. The van der Waals surface area contributed by atoms with Gasteiger partial charge in [0.2, 0.25) is 12.7 Å². The molecule has 156 valence electrons. The molecule has 0 unspecified atom stereocenters. The Morgan fingerprint density at radius 3 is 2.83 bits per heavy atom. The zero-order valence-corrected chi connectivity index (χ0v) is 16.6. The van der Waals surface area contributed by atoms with E-state index < -0.39 is 12.1 Å². The number of amides is 4. The summed E-state index contributed by atoms with van der Waals surface area (Å²) in [6.45, 7) is 2.49. The van der Waals surface area contributed by atoms with Crippen LogP contribution in [0.15, 0.2) is 18.2 Å². The number of carbonyl (C=O) groups excluding carboxylic acids is 3. The number of urea groups is 1. The van der Waals surface area contributed by atoms with E-state index in [-0.39, 0.29) is 37.6 Å². The molecule has 2 fully saturated rings. The van der Waals surface area contributed by atoms with Crippen LogP contribution in [0.2, 0.25) is 0 Å². The predicted molar refractivity (Wildman–Crippen MR) is 104 cm³/mol. The molecule has 1 saturated carbocycles. The van der Waals surface area contributed by atoms with Gasteiger partial charge in [0.1, 0.15) is 6.04 Å². The van der Waals surface area contributed by atoms with Gasteiger partial charge in [-0.1, -0.05) is 25.8 Å². The minimum absolute atomic E-state index is 0.0555. The molecule has 0 aromatic heterocycles. The Bertz CT molecular complexity index is 812. The second-order valence-corrected chi connectivity index (χ2v) is 8.09. The van der Waals surface area contributed by atoms with Crippen molar-refractivity contribution >= 4 is 17.8 Å². The van der Waals surface area contributed by atoms with Crippen LogP contribution in [0.4, 0.5) is 4.79 Å². The molecular weight excluding hydrogens is 374 g/mol. The molecule has 0 bridgehead atoms. The Hall–Kier alpha value is -2.77. The van der Waals surface area contributed by atoms with Gasteiger partial charge >= 0.3 is 6.03 Å². The molecule has 3 aliphatic rings. The highest BCUT2D eigenvalue weighted by Gasteiger charge is 2.38. The smallest absolute Gasteiger partial charge is 0.325 e. The van der Waals surface area contributed by atoms with Crippen LogP contribution >= 0.6 is 0 Å². The average molecular weight is 401 g/mol. The fraction of sp³-hybridized carbons (Fsp3) is 0.571. The van der Waals surface area contributed by atoms with Crippen LogP contribution in [0, 0.1) is 5.92 Å². The summed E-state index contributed by atoms with van der Waals surface area (Å²) in [6.07, 6.45) is 5.02. The van der Waals surface area contributed by atoms with Gasteiger partial charge in [0.25, 0.3) is 5.91 Å². The minimum Gasteiger partial charge on any atom is -0.454 e. The summed E-state index contributed by atoms with van der Waals surface area (Å²) in [5.74, 6) is 1.39. The fourth-order valence-electron chi connectivity index (χ4n) is 4.23. The lowest BCUT2D eigenvalue weighted by atomic mass is 9.86. The summed E-state index contributed by atoms with van der Waals surface area (Å²) < 4.78 is 10.6. The average Bonchev–Trinajstić information content (AvgIpc) is 3.27. The molecule has 2 heterocycles. The molecule has 1 saturated heterocycles. The van der Waals surface area contributed by atoms with Gasteiger partial charge in [-0.3, -0.25) is 14.5 Å². The van der Waals surface area contributed by atoms with Crippen molar-refractivity contribution in [2.45, 2.75) is 64.1 Å². The van der Waals surface area contributed by atoms with Crippen LogP contribution < -0.4 is 20.1 Å². The zero-order valence-electron chi connectivity index (χ0n) is 16.6. The number of ether oxygens (including phenoxy) is 2. The molecule has 0 spiro atoms. The standard InChI is InChI=1S/C21H27N3O5/c1-13-4-2-3-5-15(13)22-19(25)9-7-16-20(26)24(21(27)23-16)11-14-6-8-17-18(10-14)29-12-28-17/h6,8,10,13,15-16H,2-5,7,9,11-12H2,1H3,(H,22,25)(H,23,27)/t13-,15+,16-/m0/s1. The highest BCUT2D eigenvalue weighted by Crippen LogP contribution is 2.33. The van der Waals surface area contributed by atoms with Crippen molar-refractivity contribution < 1.29 is 23.9 Å². The van der Waals surface area contributed by atoms with E-state index in [1.807, 2.05) is 0 Å². The van der Waals surface area contributed by atoms with Crippen LogP contribution in [0.5, 0.6) is 11.5 Å². The fourth-order valence-corrected chi connectivity index (χ4v) is 4.23. The SMILES string of the molecule is C[C@H]1CCCC[C@H]1NC(=O)CC[C@@H]1NC(=O)N(Cc2ccc3c(c2)OCO3)C1=O. The number of fused-ring (bicyclic) bond motifs is 1. The van der Waals surface area contributed by atoms with Gasteiger partial charge < -0.3 is 20.1 Å². The normalized spacial score (nSPS) is 25.8. The molecule has 3 atom stereocenters. The van der Waals surface area contributed by atoms with Crippen LogP contribution in [-0.4, -0.2) is 41.6 Å². The van der Waals surface area contributed by atoms with E-state index in [1.165, 1.54) is 11.3 Å². The number of nitrogens with zero attached hydrogens (tertiary/aromatic N) is 1. The maximum Gasteiger partial charge on any atom is 0.325 e. The van der Waals surface area contributed by atoms with E-state index in [4.69, 9.17) is 9.47 Å². The lowest BCUT2D eigenvalue weighted by Gasteiger charge is -2.29. The van der Waals surface area contributed by atoms with Crippen LogP contribution in [0.3, 0.4) is 0 Å². The summed E-state index contributed by atoms with van der Waals surface area (Å²) in [5, 5.41) is 5.79. The van der Waals surface area contributed by atoms with Crippen LogP contribution in [0.25, 0.3) is 0 Å². The van der Waals surface area contributed by atoms with Crippen molar-refractivity contribution in [2.24, 2.45) is 5.92 Å². The Balaban J connectivity index is 1.29. The van der Waals surface area contributed by atoms with Gasteiger partial charge in [-0.25, -0.2) is 4.79 Å². The largest absolute Gasteiger partial charge is 0.454 e. The molecule has 1 aromatic rings. The molecule has 0 radical (unpaired) electrons. The van der Waals surface area contributed by atoms with E-state index in [9.17, 15) is 14.4 Å². The van der Waals surface area contributed by atoms with E-state index in [2.05, 4.69) is 17.6 Å². The summed E-state index contributed by atoms with van der Waals surface area (Å²) >= 11 is 0. The molecular formula is C21H27N3O5. The molecule has 8 nitrogen and oxygen atoms in total. The van der Waals surface area contributed by atoms with E-state index >= 15 is 0 Å². The molecule has 4 rings (SSSR count). The maximum absolute atomic E-state index is 12.7. The molecule has 4 amide bonds. The number of imide groups is 1. The van der Waals surface area contributed by atoms with Gasteiger partial charge in [-0.15, -0.1) is 0 Å². The van der Waals surface area contributed by atoms with Gasteiger partial charge in [0, 0.05) is 12.5 Å². The van der Waals surface area contributed by atoms with Crippen molar-refractivity contribution in [3.63, 3.8) is 0 Å². The maximum atomic E-state index is 12.7. The second kappa shape index (κ2) is 8.31. The first kappa shape index (κ1) is 19.5. The second-order valence-electron chi connectivity index (χ2n) is 8.09. The van der Waals surface area contributed by atoms with E-state index in [1.54, 1.807) is 18.2 Å². The Kier molecular flexibility index (Phi) is 5.60. The molecule has 8 heteroatoms. The summed E-state index contributed by atoms with van der Waals surface area (Å²) in [7, 11) is 0. The monoisotopic (exact) mass is 401 g/mol. The third-order valence-corrected chi connectivity index (χ3v) is 6.00. The summed E-state index contributed by atoms with van der Waals surface area (Å²) in [4.78, 5) is 38.4. The van der Waals surface area contributed by atoms with E-state index in [0.29, 0.717) is 23.8 Å². The Labute approximate surface area is 169 Å². The van der Waals surface area contributed by atoms with Gasteiger partial charge in [0.05, 0.1) is 6.54 Å². The molecule has 2 N–H and O–H groups in total. The lowest BCUT2D eigenvalue weighted by molar-refractivity contribution is -0.128. The predicted octanol–water partition coefficient (Wildman–Crippen LogP) is 2.31. The highest BCUT2D eigenvalue weighted by atomic mass is 16.7. The van der Waals surface area contributed by atoms with Gasteiger partial charge in [-0.05, 0) is 42.9 Å². The van der Waals surface area contributed by atoms with Crippen molar-refractivity contribution in [2.75, 3.05) is 6.79 Å². The molecule has 1 aromatic carbocycles. The number of hydrogen-bond donors (Lipinski definition) is 2. The van der Waals surface area contributed by atoms with E-state index in [0.717, 1.165) is 24.8 Å². The Morgan fingerprint density at radius 2 is 2.00 bits per heavy atom. The van der Waals surface area contributed by atoms with Crippen molar-refractivity contribution in [1.82, 2.24) is 15.5 Å². The Morgan fingerprint density at radius 1 is 1.21 bits per heavy atom. The zero-order chi connectivity index (χ0) is 20.4. The third kappa shape index (κ3) is 4.31. The highest BCUT2D eigenvalue weighted by molar-refractivity contribution is 6.04. The number of benzene rings is 1. The summed E-state index contributed by atoms with van der Waals surface area (Å²) in [6, 6.07) is 4.47. The number of carbonyl (C=O) groups is 3. The number of nitrogens with one attached hydrogen (secondary N) is 2. The van der Waals surface area contributed by atoms with Crippen molar-refractivity contribution in [3.05, 3.63) is 23.8 Å². The van der Waals surface area contributed by atoms with Gasteiger partial charge in [-0.2, -0.15) is 0 Å². The molecule has 2 aliphatic heterocycles.